The van der Waals surface area contributed by atoms with Crippen molar-refractivity contribution in [1.29, 1.82) is 0 Å². The third-order valence-corrected chi connectivity index (χ3v) is 3.10. The monoisotopic (exact) mass is 266 g/mol. The quantitative estimate of drug-likeness (QED) is 0.725. The minimum atomic E-state index is -1.05. The molecule has 1 aliphatic heterocycles. The van der Waals surface area contributed by atoms with E-state index in [0.29, 0.717) is 24.2 Å². The standard InChI is InChI=1S/C11H14N4O4/c1-6(16)14-3-2-8-7(4-14)10(11(12)19)13-15(8)5-9(17)18/h2-5H2,1H3,(H2,12,19)(H,17,18). The molecule has 2 amide bonds. The van der Waals surface area contributed by atoms with E-state index in [1.165, 1.54) is 11.6 Å². The van der Waals surface area contributed by atoms with Gasteiger partial charge in [0.15, 0.2) is 5.69 Å². The van der Waals surface area contributed by atoms with Crippen LogP contribution in [0, 0.1) is 0 Å². The molecule has 0 atom stereocenters. The van der Waals surface area contributed by atoms with Crippen molar-refractivity contribution in [3.8, 4) is 0 Å². The van der Waals surface area contributed by atoms with Crippen LogP contribution in [0.25, 0.3) is 0 Å². The molecule has 19 heavy (non-hydrogen) atoms. The molecule has 0 saturated carbocycles. The molecule has 3 N–H and O–H groups in total. The van der Waals surface area contributed by atoms with Crippen LogP contribution in [0.1, 0.15) is 28.7 Å². The van der Waals surface area contributed by atoms with E-state index in [2.05, 4.69) is 5.10 Å². The third-order valence-electron chi connectivity index (χ3n) is 3.10. The molecule has 2 heterocycles. The fourth-order valence-corrected chi connectivity index (χ4v) is 2.22. The maximum atomic E-state index is 11.4. The molecule has 0 aromatic carbocycles. The summed E-state index contributed by atoms with van der Waals surface area (Å²) in [6, 6.07) is 0. The van der Waals surface area contributed by atoms with Crippen molar-refractivity contribution < 1.29 is 19.5 Å². The molecule has 0 radical (unpaired) electrons. The summed E-state index contributed by atoms with van der Waals surface area (Å²) in [7, 11) is 0. The lowest BCUT2D eigenvalue weighted by molar-refractivity contribution is -0.138. The molecule has 0 aliphatic carbocycles. The third kappa shape index (κ3) is 2.42. The predicted octanol–water partition coefficient (Wildman–Crippen LogP) is -1.03. The second-order valence-electron chi connectivity index (χ2n) is 4.38. The highest BCUT2D eigenvalue weighted by atomic mass is 16.4. The van der Waals surface area contributed by atoms with Crippen molar-refractivity contribution >= 4 is 17.8 Å². The maximum Gasteiger partial charge on any atom is 0.325 e. The highest BCUT2D eigenvalue weighted by molar-refractivity contribution is 5.93. The van der Waals surface area contributed by atoms with Gasteiger partial charge in [0.1, 0.15) is 6.54 Å². The van der Waals surface area contributed by atoms with E-state index in [9.17, 15) is 14.4 Å². The lowest BCUT2D eigenvalue weighted by Gasteiger charge is -2.26. The van der Waals surface area contributed by atoms with Gasteiger partial charge in [-0.05, 0) is 0 Å². The number of aliphatic carboxylic acids is 1. The number of fused-ring (bicyclic) bond motifs is 1. The van der Waals surface area contributed by atoms with E-state index in [-0.39, 0.29) is 24.7 Å². The Morgan fingerprint density at radius 3 is 2.63 bits per heavy atom. The molecule has 0 fully saturated rings. The number of hydrogen-bond acceptors (Lipinski definition) is 4. The molecule has 8 nitrogen and oxygen atoms in total. The molecule has 102 valence electrons. The van der Waals surface area contributed by atoms with E-state index < -0.39 is 11.9 Å². The number of amides is 2. The Balaban J connectivity index is 2.43. The molecule has 1 aromatic heterocycles. The first-order valence-electron chi connectivity index (χ1n) is 5.75. The molecular formula is C11H14N4O4. The van der Waals surface area contributed by atoms with Gasteiger partial charge in [-0.25, -0.2) is 0 Å². The Labute approximate surface area is 108 Å². The van der Waals surface area contributed by atoms with Gasteiger partial charge in [0.25, 0.3) is 5.91 Å². The molecule has 0 saturated heterocycles. The van der Waals surface area contributed by atoms with Crippen LogP contribution in [0.5, 0.6) is 0 Å². The number of carboxylic acid groups (broad SMARTS) is 1. The fraction of sp³-hybridized carbons (Fsp3) is 0.455. The number of carbonyl (C=O) groups is 3. The molecule has 8 heteroatoms. The van der Waals surface area contributed by atoms with Crippen molar-refractivity contribution in [2.75, 3.05) is 6.54 Å². The van der Waals surface area contributed by atoms with Gasteiger partial charge in [0.2, 0.25) is 5.91 Å². The molecule has 0 spiro atoms. The van der Waals surface area contributed by atoms with E-state index in [1.54, 1.807) is 4.90 Å². The topological polar surface area (TPSA) is 119 Å². The highest BCUT2D eigenvalue weighted by Crippen LogP contribution is 2.22. The molecule has 1 aromatic rings. The fourth-order valence-electron chi connectivity index (χ4n) is 2.22. The van der Waals surface area contributed by atoms with Gasteiger partial charge < -0.3 is 15.7 Å². The van der Waals surface area contributed by atoms with Gasteiger partial charge in [0, 0.05) is 37.7 Å². The Morgan fingerprint density at radius 1 is 1.42 bits per heavy atom. The lowest BCUT2D eigenvalue weighted by Crippen LogP contribution is -2.35. The molecule has 0 unspecified atom stereocenters. The van der Waals surface area contributed by atoms with Gasteiger partial charge in [0.05, 0.1) is 0 Å². The average Bonchev–Trinajstić information content (AvgIpc) is 2.66. The summed E-state index contributed by atoms with van der Waals surface area (Å²) in [6.45, 7) is 1.83. The number of nitrogens with zero attached hydrogens (tertiary/aromatic N) is 3. The van der Waals surface area contributed by atoms with E-state index in [4.69, 9.17) is 10.8 Å². The van der Waals surface area contributed by atoms with Gasteiger partial charge in [-0.1, -0.05) is 0 Å². The van der Waals surface area contributed by atoms with Crippen molar-refractivity contribution in [2.24, 2.45) is 5.73 Å². The van der Waals surface area contributed by atoms with Crippen LogP contribution in [0.3, 0.4) is 0 Å². The SMILES string of the molecule is CC(=O)N1CCc2c(c(C(N)=O)nn2CC(=O)O)C1. The number of hydrogen-bond donors (Lipinski definition) is 2. The van der Waals surface area contributed by atoms with E-state index in [0.717, 1.165) is 0 Å². The number of aromatic nitrogens is 2. The van der Waals surface area contributed by atoms with Gasteiger partial charge in [-0.2, -0.15) is 5.10 Å². The maximum absolute atomic E-state index is 11.4. The summed E-state index contributed by atoms with van der Waals surface area (Å²) < 4.78 is 1.27. The van der Waals surface area contributed by atoms with E-state index in [1.807, 2.05) is 0 Å². The van der Waals surface area contributed by atoms with Crippen molar-refractivity contribution in [3.63, 3.8) is 0 Å². The summed E-state index contributed by atoms with van der Waals surface area (Å²) >= 11 is 0. The highest BCUT2D eigenvalue weighted by Gasteiger charge is 2.28. The van der Waals surface area contributed by atoms with Gasteiger partial charge >= 0.3 is 5.97 Å². The molecule has 1 aliphatic rings. The Bertz CT molecular complexity index is 563. The number of carbonyl (C=O) groups excluding carboxylic acids is 2. The Kier molecular flexibility index (Phi) is 3.24. The summed E-state index contributed by atoms with van der Waals surface area (Å²) in [5.41, 5.74) is 6.49. The molecule has 0 bridgehead atoms. The number of primary amides is 1. The Morgan fingerprint density at radius 2 is 2.11 bits per heavy atom. The molecular weight excluding hydrogens is 252 g/mol. The van der Waals surface area contributed by atoms with Crippen LogP contribution in [0.15, 0.2) is 0 Å². The Hall–Kier alpha value is -2.38. The van der Waals surface area contributed by atoms with Crippen LogP contribution >= 0.6 is 0 Å². The number of carboxylic acids is 1. The van der Waals surface area contributed by atoms with Gasteiger partial charge in [-0.15, -0.1) is 0 Å². The largest absolute Gasteiger partial charge is 0.480 e. The van der Waals surface area contributed by atoms with Gasteiger partial charge in [-0.3, -0.25) is 19.1 Å². The number of nitrogens with two attached hydrogens (primary N) is 1. The van der Waals surface area contributed by atoms with Crippen molar-refractivity contribution in [1.82, 2.24) is 14.7 Å². The summed E-state index contributed by atoms with van der Waals surface area (Å²) in [6.07, 6.45) is 0.461. The average molecular weight is 266 g/mol. The van der Waals surface area contributed by atoms with Crippen LogP contribution in [0.4, 0.5) is 0 Å². The molecule has 2 rings (SSSR count). The van der Waals surface area contributed by atoms with Crippen molar-refractivity contribution in [2.45, 2.75) is 26.4 Å². The summed E-state index contributed by atoms with van der Waals surface area (Å²) in [5.74, 6) is -1.87. The van der Waals surface area contributed by atoms with Crippen molar-refractivity contribution in [3.05, 3.63) is 17.0 Å². The van der Waals surface area contributed by atoms with Crippen LogP contribution in [0.2, 0.25) is 0 Å². The second kappa shape index (κ2) is 4.71. The van der Waals surface area contributed by atoms with Crippen LogP contribution in [-0.4, -0.2) is 44.1 Å². The second-order valence-corrected chi connectivity index (χ2v) is 4.38. The first-order valence-corrected chi connectivity index (χ1v) is 5.75. The zero-order chi connectivity index (χ0) is 14.2. The number of rotatable bonds is 3. The zero-order valence-corrected chi connectivity index (χ0v) is 10.4. The smallest absolute Gasteiger partial charge is 0.325 e. The van der Waals surface area contributed by atoms with Crippen LogP contribution in [-0.2, 0) is 29.1 Å². The van der Waals surface area contributed by atoms with E-state index >= 15 is 0 Å². The summed E-state index contributed by atoms with van der Waals surface area (Å²) in [4.78, 5) is 35.0. The first-order chi connectivity index (χ1) is 8.90. The normalized spacial score (nSPS) is 14.1. The van der Waals surface area contributed by atoms with Crippen LogP contribution < -0.4 is 5.73 Å². The first kappa shape index (κ1) is 13.1. The lowest BCUT2D eigenvalue weighted by atomic mass is 10.0. The minimum Gasteiger partial charge on any atom is -0.480 e. The minimum absolute atomic E-state index is 0.0437. The summed E-state index contributed by atoms with van der Waals surface area (Å²) in [5, 5.41) is 12.8. The zero-order valence-electron chi connectivity index (χ0n) is 10.4. The predicted molar refractivity (Wildman–Crippen MR) is 63.2 cm³/mol.